The Hall–Kier alpha value is -2.34. The van der Waals surface area contributed by atoms with Crippen LogP contribution in [0.1, 0.15) is 13.8 Å². The van der Waals surface area contributed by atoms with Crippen molar-refractivity contribution in [3.8, 4) is 21.8 Å². The maximum absolute atomic E-state index is 12.7. The SMILES string of the molecule is CCN(CC)c1ccc2cc(-c3nc(-c4ccc(Cl)cc4Cl)cs3)c(=O)oc2c1. The van der Waals surface area contributed by atoms with Gasteiger partial charge in [-0.1, -0.05) is 23.2 Å². The number of halogens is 2. The number of fused-ring (bicyclic) bond motifs is 1. The highest BCUT2D eigenvalue weighted by atomic mass is 35.5. The minimum atomic E-state index is -0.405. The van der Waals surface area contributed by atoms with Crippen molar-refractivity contribution in [2.24, 2.45) is 0 Å². The van der Waals surface area contributed by atoms with Crippen molar-refractivity contribution in [1.29, 1.82) is 0 Å². The van der Waals surface area contributed by atoms with E-state index in [-0.39, 0.29) is 0 Å². The normalized spacial score (nSPS) is 11.2. The Morgan fingerprint density at radius 3 is 2.55 bits per heavy atom. The summed E-state index contributed by atoms with van der Waals surface area (Å²) in [5.74, 6) is 0. The topological polar surface area (TPSA) is 46.3 Å². The molecule has 0 aliphatic rings. The second-order valence-electron chi connectivity index (χ2n) is 6.50. The van der Waals surface area contributed by atoms with E-state index in [4.69, 9.17) is 27.6 Å². The Bertz CT molecular complexity index is 1250. The van der Waals surface area contributed by atoms with Gasteiger partial charge in [-0.25, -0.2) is 9.78 Å². The first kappa shape index (κ1) is 20.0. The first-order chi connectivity index (χ1) is 14.0. The molecule has 4 aromatic rings. The fourth-order valence-corrected chi connectivity index (χ4v) is 4.58. The number of rotatable bonds is 5. The van der Waals surface area contributed by atoms with Crippen LogP contribution in [0.25, 0.3) is 32.8 Å². The van der Waals surface area contributed by atoms with Crippen LogP contribution in [0.3, 0.4) is 0 Å². The highest BCUT2D eigenvalue weighted by Gasteiger charge is 2.15. The van der Waals surface area contributed by atoms with Gasteiger partial charge in [-0.15, -0.1) is 11.3 Å². The molecule has 7 heteroatoms. The average molecular weight is 445 g/mol. The molecule has 0 radical (unpaired) electrons. The van der Waals surface area contributed by atoms with Gasteiger partial charge in [0.15, 0.2) is 0 Å². The number of hydrogen-bond acceptors (Lipinski definition) is 5. The first-order valence-corrected chi connectivity index (χ1v) is 10.9. The molecular weight excluding hydrogens is 427 g/mol. The smallest absolute Gasteiger partial charge is 0.346 e. The highest BCUT2D eigenvalue weighted by molar-refractivity contribution is 7.13. The Labute approximate surface area is 182 Å². The van der Waals surface area contributed by atoms with Crippen molar-refractivity contribution < 1.29 is 4.42 Å². The molecule has 0 atom stereocenters. The van der Waals surface area contributed by atoms with Gasteiger partial charge < -0.3 is 9.32 Å². The van der Waals surface area contributed by atoms with Crippen LogP contribution in [0, 0.1) is 0 Å². The highest BCUT2D eigenvalue weighted by Crippen LogP contribution is 2.34. The molecular formula is C22H18Cl2N2O2S. The standard InChI is InChI=1S/C22H18Cl2N2O2S/c1-3-26(4-2)15-7-5-13-9-17(22(27)28-20(13)11-15)21-25-19(12-29-21)16-8-6-14(23)10-18(16)24/h5-12H,3-4H2,1-2H3. The molecule has 0 N–H and O–H groups in total. The number of aromatic nitrogens is 1. The summed E-state index contributed by atoms with van der Waals surface area (Å²) in [6, 6.07) is 13.0. The predicted octanol–water partition coefficient (Wildman–Crippen LogP) is 6.74. The molecule has 0 spiro atoms. The van der Waals surface area contributed by atoms with Gasteiger partial charge in [0.2, 0.25) is 0 Å². The molecule has 0 saturated carbocycles. The van der Waals surface area contributed by atoms with Crippen LogP contribution in [0.5, 0.6) is 0 Å². The molecule has 2 aromatic carbocycles. The summed E-state index contributed by atoms with van der Waals surface area (Å²) < 4.78 is 5.62. The van der Waals surface area contributed by atoms with Gasteiger partial charge in [0.25, 0.3) is 0 Å². The summed E-state index contributed by atoms with van der Waals surface area (Å²) in [4.78, 5) is 19.5. The molecule has 4 nitrogen and oxygen atoms in total. The molecule has 29 heavy (non-hydrogen) atoms. The van der Waals surface area contributed by atoms with E-state index in [9.17, 15) is 4.79 Å². The van der Waals surface area contributed by atoms with Crippen LogP contribution in [-0.2, 0) is 0 Å². The lowest BCUT2D eigenvalue weighted by Gasteiger charge is -2.20. The Kier molecular flexibility index (Phi) is 5.63. The van der Waals surface area contributed by atoms with Crippen LogP contribution in [0.2, 0.25) is 10.0 Å². The first-order valence-electron chi connectivity index (χ1n) is 9.24. The van der Waals surface area contributed by atoms with Gasteiger partial charge in [-0.3, -0.25) is 0 Å². The minimum Gasteiger partial charge on any atom is -0.422 e. The van der Waals surface area contributed by atoms with E-state index in [2.05, 4.69) is 23.7 Å². The minimum absolute atomic E-state index is 0.405. The molecule has 2 aromatic heterocycles. The Morgan fingerprint density at radius 2 is 1.83 bits per heavy atom. The number of anilines is 1. The fraction of sp³-hybridized carbons (Fsp3) is 0.182. The summed E-state index contributed by atoms with van der Waals surface area (Å²) in [5, 5.41) is 4.40. The summed E-state index contributed by atoms with van der Waals surface area (Å²) in [5.41, 5.74) is 3.11. The van der Waals surface area contributed by atoms with Crippen LogP contribution >= 0.6 is 34.5 Å². The van der Waals surface area contributed by atoms with Gasteiger partial charge in [0.05, 0.1) is 16.3 Å². The summed E-state index contributed by atoms with van der Waals surface area (Å²) in [6.45, 7) is 5.97. The van der Waals surface area contributed by atoms with Crippen molar-refractivity contribution in [2.75, 3.05) is 18.0 Å². The van der Waals surface area contributed by atoms with Gasteiger partial charge >= 0.3 is 5.63 Å². The summed E-state index contributed by atoms with van der Waals surface area (Å²) >= 11 is 13.6. The monoisotopic (exact) mass is 444 g/mol. The molecule has 0 fully saturated rings. The van der Waals surface area contributed by atoms with Crippen molar-refractivity contribution in [2.45, 2.75) is 13.8 Å². The number of thiazole rings is 1. The van der Waals surface area contributed by atoms with E-state index >= 15 is 0 Å². The van der Waals surface area contributed by atoms with Crippen LogP contribution < -0.4 is 10.5 Å². The zero-order chi connectivity index (χ0) is 20.5. The molecule has 0 aliphatic carbocycles. The van der Waals surface area contributed by atoms with Gasteiger partial charge in [0.1, 0.15) is 10.6 Å². The van der Waals surface area contributed by atoms with Crippen LogP contribution in [0.4, 0.5) is 5.69 Å². The van der Waals surface area contributed by atoms with E-state index < -0.39 is 5.63 Å². The van der Waals surface area contributed by atoms with E-state index in [1.165, 1.54) is 11.3 Å². The number of nitrogens with zero attached hydrogens (tertiary/aromatic N) is 2. The average Bonchev–Trinajstić information content (AvgIpc) is 3.18. The molecule has 148 valence electrons. The molecule has 0 bridgehead atoms. The third-order valence-corrected chi connectivity index (χ3v) is 6.21. The van der Waals surface area contributed by atoms with Crippen LogP contribution in [0.15, 0.2) is 57.1 Å². The Morgan fingerprint density at radius 1 is 1.03 bits per heavy atom. The van der Waals surface area contributed by atoms with Crippen LogP contribution in [-0.4, -0.2) is 18.1 Å². The molecule has 0 aliphatic heterocycles. The lowest BCUT2D eigenvalue weighted by atomic mass is 10.1. The van der Waals surface area contributed by atoms with E-state index in [1.54, 1.807) is 12.1 Å². The van der Waals surface area contributed by atoms with Gasteiger partial charge in [-0.2, -0.15) is 0 Å². The zero-order valence-corrected chi connectivity index (χ0v) is 18.2. The second kappa shape index (κ2) is 8.19. The van der Waals surface area contributed by atoms with E-state index in [0.29, 0.717) is 31.9 Å². The van der Waals surface area contributed by atoms with Crippen molar-refractivity contribution in [1.82, 2.24) is 4.98 Å². The molecule has 0 unspecified atom stereocenters. The largest absolute Gasteiger partial charge is 0.422 e. The van der Waals surface area contributed by atoms with Crippen molar-refractivity contribution in [3.05, 3.63) is 68.3 Å². The summed E-state index contributed by atoms with van der Waals surface area (Å²) in [7, 11) is 0. The fourth-order valence-electron chi connectivity index (χ4n) is 3.25. The quantitative estimate of drug-likeness (QED) is 0.319. The second-order valence-corrected chi connectivity index (χ2v) is 8.21. The van der Waals surface area contributed by atoms with Gasteiger partial charge in [0, 0.05) is 46.2 Å². The maximum atomic E-state index is 12.7. The molecule has 4 rings (SSSR count). The van der Waals surface area contributed by atoms with Crippen molar-refractivity contribution in [3.63, 3.8) is 0 Å². The lowest BCUT2D eigenvalue weighted by Crippen LogP contribution is -2.21. The van der Waals surface area contributed by atoms with Gasteiger partial charge in [-0.05, 0) is 50.2 Å². The molecule has 0 saturated heterocycles. The maximum Gasteiger partial charge on any atom is 0.346 e. The Balaban J connectivity index is 1.75. The van der Waals surface area contributed by atoms with Crippen molar-refractivity contribution >= 4 is 51.2 Å². The number of benzene rings is 2. The summed E-state index contributed by atoms with van der Waals surface area (Å²) in [6.07, 6.45) is 0. The predicted molar refractivity (Wildman–Crippen MR) is 123 cm³/mol. The zero-order valence-electron chi connectivity index (χ0n) is 15.9. The molecule has 2 heterocycles. The molecule has 0 amide bonds. The number of hydrogen-bond donors (Lipinski definition) is 0. The van der Waals surface area contributed by atoms with E-state index in [1.807, 2.05) is 35.7 Å². The van der Waals surface area contributed by atoms with E-state index in [0.717, 1.165) is 29.7 Å². The third kappa shape index (κ3) is 3.90. The lowest BCUT2D eigenvalue weighted by molar-refractivity contribution is 0.563. The third-order valence-electron chi connectivity index (χ3n) is 4.79.